The quantitative estimate of drug-likeness (QED) is 0.200. The van der Waals surface area contributed by atoms with Crippen LogP contribution in [0.4, 0.5) is 0 Å². The van der Waals surface area contributed by atoms with Crippen LogP contribution in [0.5, 0.6) is 0 Å². The predicted octanol–water partition coefficient (Wildman–Crippen LogP) is 11.0. The molecule has 8 rings (SSSR count). The molecule has 3 nitrogen and oxygen atoms in total. The van der Waals surface area contributed by atoms with Gasteiger partial charge < -0.3 is 9.40 Å². The second-order valence-electron chi connectivity index (χ2n) is 9.55. The number of hydrogen-bond acceptors (Lipinski definition) is 4. The maximum absolute atomic E-state index is 5.37. The van der Waals surface area contributed by atoms with Crippen LogP contribution in [0.25, 0.3) is 42.2 Å². The molecule has 0 saturated heterocycles. The van der Waals surface area contributed by atoms with Crippen molar-refractivity contribution in [2.24, 2.45) is 0 Å². The van der Waals surface area contributed by atoms with Crippen LogP contribution in [-0.4, -0.2) is 9.97 Å². The second-order valence-corrected chi connectivity index (χ2v) is 11.7. The Morgan fingerprint density at radius 1 is 0.675 bits per heavy atom. The van der Waals surface area contributed by atoms with Gasteiger partial charge in [0, 0.05) is 21.3 Å². The summed E-state index contributed by atoms with van der Waals surface area (Å²) in [4.78, 5) is 7.59. The van der Waals surface area contributed by atoms with E-state index in [0.717, 1.165) is 21.9 Å². The molecule has 200 valence electrons. The van der Waals surface area contributed by atoms with Crippen LogP contribution in [0, 0.1) is 27.7 Å². The monoisotopic (exact) mass is 560 g/mol. The maximum Gasteiger partial charge on any atom is 0.134 e. The number of thiazole rings is 1. The summed E-state index contributed by atoms with van der Waals surface area (Å²) in [5.41, 5.74) is 5.92. The molecule has 0 fully saturated rings. The molecule has 0 aliphatic rings. The molecular formula is C35H32N2OS2. The molecule has 0 unspecified atom stereocenters. The SMILES string of the molecule is Cc1cc2ccccc2[nH]1.Cc1cc2ccccc2o1.Cc1csc2ccccc12.Cc1nc2ccccc2s1. The molecule has 0 bridgehead atoms. The van der Waals surface area contributed by atoms with Gasteiger partial charge in [-0.3, -0.25) is 0 Å². The van der Waals surface area contributed by atoms with Crippen molar-refractivity contribution in [2.75, 3.05) is 0 Å². The summed E-state index contributed by atoms with van der Waals surface area (Å²) < 4.78 is 8.03. The number of aryl methyl sites for hydroxylation is 4. The van der Waals surface area contributed by atoms with Gasteiger partial charge in [0.1, 0.15) is 11.3 Å². The number of nitrogens with one attached hydrogen (secondary N) is 1. The molecule has 0 amide bonds. The molecule has 0 aliphatic carbocycles. The smallest absolute Gasteiger partial charge is 0.134 e. The first-order valence-electron chi connectivity index (χ1n) is 13.2. The van der Waals surface area contributed by atoms with Crippen molar-refractivity contribution in [1.29, 1.82) is 0 Å². The van der Waals surface area contributed by atoms with E-state index in [1.54, 1.807) is 11.3 Å². The fourth-order valence-corrected chi connectivity index (χ4v) is 6.20. The molecule has 0 aliphatic heterocycles. The number of hydrogen-bond donors (Lipinski definition) is 1. The van der Waals surface area contributed by atoms with Gasteiger partial charge in [0.2, 0.25) is 0 Å². The Labute approximate surface area is 242 Å². The van der Waals surface area contributed by atoms with E-state index in [1.165, 1.54) is 42.3 Å². The molecule has 4 aromatic carbocycles. The number of para-hydroxylation sites is 3. The zero-order valence-electron chi connectivity index (χ0n) is 23.1. The molecule has 4 heterocycles. The first-order chi connectivity index (χ1) is 19.5. The number of rotatable bonds is 0. The van der Waals surface area contributed by atoms with Crippen LogP contribution in [0.1, 0.15) is 22.0 Å². The van der Waals surface area contributed by atoms with Gasteiger partial charge >= 0.3 is 0 Å². The Morgan fingerprint density at radius 2 is 1.35 bits per heavy atom. The van der Waals surface area contributed by atoms with Gasteiger partial charge in [-0.05, 0) is 91.9 Å². The maximum atomic E-state index is 5.37. The summed E-state index contributed by atoms with van der Waals surface area (Å²) >= 11 is 3.55. The van der Waals surface area contributed by atoms with Gasteiger partial charge in [-0.2, -0.15) is 0 Å². The zero-order valence-corrected chi connectivity index (χ0v) is 24.8. The molecule has 0 atom stereocenters. The van der Waals surface area contributed by atoms with Gasteiger partial charge in [0.15, 0.2) is 0 Å². The number of thiophene rings is 1. The van der Waals surface area contributed by atoms with E-state index in [2.05, 4.69) is 83.8 Å². The first-order valence-corrected chi connectivity index (χ1v) is 14.9. The number of H-pyrrole nitrogens is 1. The van der Waals surface area contributed by atoms with Crippen molar-refractivity contribution >= 4 is 64.8 Å². The summed E-state index contributed by atoms with van der Waals surface area (Å²) in [5, 5.41) is 7.21. The standard InChI is InChI=1S/C9H9N.C9H8O.C9H8S.C8H7NS/c2*1-7-6-8-4-2-3-5-9(8)10-7;1-7-6-10-9-5-3-2-4-8(7)9;1-6-9-7-4-2-3-5-8(7)10-6/h2-6,10H,1H3;2*2-6H,1H3;2-5H,1H3. The third-order valence-electron chi connectivity index (χ3n) is 6.29. The van der Waals surface area contributed by atoms with E-state index in [-0.39, 0.29) is 0 Å². The number of furan rings is 1. The van der Waals surface area contributed by atoms with Crippen molar-refractivity contribution < 1.29 is 4.42 Å². The molecule has 0 spiro atoms. The average Bonchev–Trinajstić information content (AvgIpc) is 3.73. The second kappa shape index (κ2) is 12.8. The minimum absolute atomic E-state index is 0.972. The van der Waals surface area contributed by atoms with Crippen LogP contribution in [-0.2, 0) is 0 Å². The molecular weight excluding hydrogens is 529 g/mol. The lowest BCUT2D eigenvalue weighted by atomic mass is 10.2. The van der Waals surface area contributed by atoms with Crippen LogP contribution in [0.2, 0.25) is 0 Å². The average molecular weight is 561 g/mol. The van der Waals surface area contributed by atoms with Crippen LogP contribution in [0.3, 0.4) is 0 Å². The minimum atomic E-state index is 0.972. The Bertz CT molecular complexity index is 1690. The third kappa shape index (κ3) is 6.87. The molecule has 0 saturated carbocycles. The lowest BCUT2D eigenvalue weighted by molar-refractivity contribution is 0.578. The molecule has 8 aromatic rings. The molecule has 0 radical (unpaired) electrons. The highest BCUT2D eigenvalue weighted by molar-refractivity contribution is 7.18. The highest BCUT2D eigenvalue weighted by Crippen LogP contribution is 2.24. The van der Waals surface area contributed by atoms with Crippen molar-refractivity contribution in [3.8, 4) is 0 Å². The van der Waals surface area contributed by atoms with E-state index >= 15 is 0 Å². The Hall–Kier alpha value is -4.19. The number of nitrogens with zero attached hydrogens (tertiary/aromatic N) is 1. The van der Waals surface area contributed by atoms with Crippen LogP contribution < -0.4 is 0 Å². The van der Waals surface area contributed by atoms with E-state index in [0.29, 0.717) is 0 Å². The largest absolute Gasteiger partial charge is 0.461 e. The zero-order chi connectivity index (χ0) is 27.9. The van der Waals surface area contributed by atoms with Crippen LogP contribution >= 0.6 is 22.7 Å². The van der Waals surface area contributed by atoms with Crippen molar-refractivity contribution in [2.45, 2.75) is 27.7 Å². The van der Waals surface area contributed by atoms with Gasteiger partial charge in [-0.1, -0.05) is 66.7 Å². The van der Waals surface area contributed by atoms with E-state index in [1.807, 2.05) is 79.8 Å². The van der Waals surface area contributed by atoms with Crippen molar-refractivity contribution in [3.05, 3.63) is 137 Å². The Balaban J connectivity index is 0.000000108. The number of fused-ring (bicyclic) bond motifs is 4. The minimum Gasteiger partial charge on any atom is -0.461 e. The number of benzene rings is 4. The Morgan fingerprint density at radius 3 is 2.10 bits per heavy atom. The number of aromatic amines is 1. The highest BCUT2D eigenvalue weighted by atomic mass is 32.1. The van der Waals surface area contributed by atoms with Crippen molar-refractivity contribution in [1.82, 2.24) is 9.97 Å². The lowest BCUT2D eigenvalue weighted by Gasteiger charge is -1.86. The molecule has 5 heteroatoms. The Kier molecular flexibility index (Phi) is 8.74. The fraction of sp³-hybridized carbons (Fsp3) is 0.114. The fourth-order valence-electron chi connectivity index (χ4n) is 4.43. The van der Waals surface area contributed by atoms with E-state index < -0.39 is 0 Å². The molecule has 1 N–H and O–H groups in total. The van der Waals surface area contributed by atoms with Crippen LogP contribution in [0.15, 0.2) is 119 Å². The van der Waals surface area contributed by atoms with Gasteiger partial charge in [-0.15, -0.1) is 22.7 Å². The van der Waals surface area contributed by atoms with Gasteiger partial charge in [0.25, 0.3) is 0 Å². The highest BCUT2D eigenvalue weighted by Gasteiger charge is 1.97. The predicted molar refractivity (Wildman–Crippen MR) is 175 cm³/mol. The third-order valence-corrected chi connectivity index (χ3v) is 8.32. The first kappa shape index (κ1) is 27.4. The summed E-state index contributed by atoms with van der Waals surface area (Å²) in [6, 6.07) is 37.2. The van der Waals surface area contributed by atoms with Crippen molar-refractivity contribution in [3.63, 3.8) is 0 Å². The normalized spacial score (nSPS) is 10.5. The topological polar surface area (TPSA) is 41.8 Å². The number of aromatic nitrogens is 2. The van der Waals surface area contributed by atoms with E-state index in [4.69, 9.17) is 4.42 Å². The summed E-state index contributed by atoms with van der Waals surface area (Å²) in [6.07, 6.45) is 0. The van der Waals surface area contributed by atoms with E-state index in [9.17, 15) is 0 Å². The van der Waals surface area contributed by atoms with Gasteiger partial charge in [-0.25, -0.2) is 4.98 Å². The van der Waals surface area contributed by atoms with Gasteiger partial charge in [0.05, 0.1) is 15.2 Å². The summed E-state index contributed by atoms with van der Waals surface area (Å²) in [7, 11) is 0. The lowest BCUT2D eigenvalue weighted by Crippen LogP contribution is -1.65. The summed E-state index contributed by atoms with van der Waals surface area (Å²) in [5.74, 6) is 0.973. The summed E-state index contributed by atoms with van der Waals surface area (Å²) in [6.45, 7) is 8.21. The molecule has 4 aromatic heterocycles. The molecule has 40 heavy (non-hydrogen) atoms.